The minimum absolute atomic E-state index is 0.0304. The van der Waals surface area contributed by atoms with E-state index >= 15 is 0 Å². The Morgan fingerprint density at radius 3 is 2.29 bits per heavy atom. The number of sulfonamides is 1. The van der Waals surface area contributed by atoms with Gasteiger partial charge in [0.2, 0.25) is 0 Å². The van der Waals surface area contributed by atoms with Crippen LogP contribution < -0.4 is 14.8 Å². The van der Waals surface area contributed by atoms with Crippen molar-refractivity contribution in [3.8, 4) is 5.75 Å². The molecule has 0 heterocycles. The van der Waals surface area contributed by atoms with E-state index in [4.69, 9.17) is 27.9 Å². The van der Waals surface area contributed by atoms with Gasteiger partial charge in [0.25, 0.3) is 15.9 Å². The molecule has 0 unspecified atom stereocenters. The van der Waals surface area contributed by atoms with Crippen molar-refractivity contribution in [1.29, 1.82) is 0 Å². The zero-order valence-electron chi connectivity index (χ0n) is 16.1. The molecule has 0 spiro atoms. The molecule has 6 nitrogen and oxygen atoms in total. The van der Waals surface area contributed by atoms with E-state index in [1.165, 1.54) is 61.5 Å². The number of carbonyl (C=O) groups excluding carboxylic acids is 1. The topological polar surface area (TPSA) is 84.5 Å². The number of rotatable bonds is 7. The molecule has 3 aromatic rings. The number of carbonyl (C=O) groups is 1. The van der Waals surface area contributed by atoms with Gasteiger partial charge in [-0.1, -0.05) is 29.3 Å². The standard InChI is InChI=1S/C21H17Cl2FN2O4S/c1-13(30-16-9-5-14(24)6-10-16)21(27)25-15-7-11-17(12-8-15)31(28,29)26-19-4-2-3-18(22)20(19)23/h2-13,26H,1H3,(H,25,27)/t13-/m0/s1. The maximum absolute atomic E-state index is 13.0. The highest BCUT2D eigenvalue weighted by Gasteiger charge is 2.18. The van der Waals surface area contributed by atoms with Crippen LogP contribution in [0.15, 0.2) is 71.6 Å². The number of hydrogen-bond donors (Lipinski definition) is 2. The highest BCUT2D eigenvalue weighted by molar-refractivity contribution is 7.92. The van der Waals surface area contributed by atoms with E-state index in [1.54, 1.807) is 12.1 Å². The average Bonchev–Trinajstić information content (AvgIpc) is 2.73. The molecule has 162 valence electrons. The monoisotopic (exact) mass is 482 g/mol. The van der Waals surface area contributed by atoms with Crippen LogP contribution in [0.25, 0.3) is 0 Å². The highest BCUT2D eigenvalue weighted by Crippen LogP contribution is 2.31. The predicted octanol–water partition coefficient (Wildman–Crippen LogP) is 5.34. The first-order valence-electron chi connectivity index (χ1n) is 8.96. The third kappa shape index (κ3) is 5.88. The van der Waals surface area contributed by atoms with Crippen molar-refractivity contribution in [2.45, 2.75) is 17.9 Å². The van der Waals surface area contributed by atoms with Gasteiger partial charge in [0, 0.05) is 5.69 Å². The van der Waals surface area contributed by atoms with Gasteiger partial charge in [0.15, 0.2) is 6.10 Å². The molecule has 0 radical (unpaired) electrons. The first-order valence-corrected chi connectivity index (χ1v) is 11.2. The van der Waals surface area contributed by atoms with Crippen LogP contribution in [0.4, 0.5) is 15.8 Å². The highest BCUT2D eigenvalue weighted by atomic mass is 35.5. The molecular formula is C21H17Cl2FN2O4S. The number of hydrogen-bond acceptors (Lipinski definition) is 4. The Morgan fingerprint density at radius 1 is 1.00 bits per heavy atom. The summed E-state index contributed by atoms with van der Waals surface area (Å²) in [6.07, 6.45) is -0.861. The lowest BCUT2D eigenvalue weighted by Gasteiger charge is -2.15. The van der Waals surface area contributed by atoms with Gasteiger partial charge in [0.1, 0.15) is 11.6 Å². The van der Waals surface area contributed by atoms with Crippen molar-refractivity contribution in [3.63, 3.8) is 0 Å². The molecule has 31 heavy (non-hydrogen) atoms. The molecule has 0 aromatic heterocycles. The van der Waals surface area contributed by atoms with Gasteiger partial charge in [0.05, 0.1) is 20.6 Å². The molecule has 3 aromatic carbocycles. The molecule has 0 aliphatic rings. The van der Waals surface area contributed by atoms with Crippen LogP contribution in [0.1, 0.15) is 6.92 Å². The van der Waals surface area contributed by atoms with Gasteiger partial charge in [-0.3, -0.25) is 9.52 Å². The summed E-state index contributed by atoms with van der Waals surface area (Å²) in [6, 6.07) is 15.4. The summed E-state index contributed by atoms with van der Waals surface area (Å²) in [6.45, 7) is 1.54. The zero-order chi connectivity index (χ0) is 22.6. The summed E-state index contributed by atoms with van der Waals surface area (Å²) in [5.74, 6) is -0.522. The summed E-state index contributed by atoms with van der Waals surface area (Å²) in [7, 11) is -3.92. The van der Waals surface area contributed by atoms with Crippen LogP contribution in [0, 0.1) is 5.82 Å². The molecule has 0 fully saturated rings. The summed E-state index contributed by atoms with van der Waals surface area (Å²) in [5.41, 5.74) is 0.526. The van der Waals surface area contributed by atoms with E-state index in [1.807, 2.05) is 0 Å². The molecule has 3 rings (SSSR count). The minimum Gasteiger partial charge on any atom is -0.481 e. The van der Waals surface area contributed by atoms with Crippen LogP contribution >= 0.6 is 23.2 Å². The Hall–Kier alpha value is -2.81. The molecule has 1 atom stereocenters. The molecular weight excluding hydrogens is 466 g/mol. The van der Waals surface area contributed by atoms with Gasteiger partial charge in [-0.25, -0.2) is 12.8 Å². The van der Waals surface area contributed by atoms with E-state index in [0.29, 0.717) is 11.4 Å². The fraction of sp³-hybridized carbons (Fsp3) is 0.0952. The molecule has 0 bridgehead atoms. The van der Waals surface area contributed by atoms with Gasteiger partial charge in [-0.05, 0) is 67.6 Å². The van der Waals surface area contributed by atoms with Crippen LogP contribution in [-0.4, -0.2) is 20.4 Å². The number of ether oxygens (including phenoxy) is 1. The molecule has 0 saturated carbocycles. The molecule has 0 aliphatic heterocycles. The lowest BCUT2D eigenvalue weighted by atomic mass is 10.3. The fourth-order valence-electron chi connectivity index (χ4n) is 2.52. The molecule has 10 heteroatoms. The van der Waals surface area contributed by atoms with Gasteiger partial charge in [-0.15, -0.1) is 0 Å². The Morgan fingerprint density at radius 2 is 1.65 bits per heavy atom. The Kier molecular flexibility index (Phi) is 7.04. The Bertz CT molecular complexity index is 1190. The number of amides is 1. The third-order valence-electron chi connectivity index (χ3n) is 4.12. The number of halogens is 3. The third-order valence-corrected chi connectivity index (χ3v) is 6.32. The second-order valence-corrected chi connectivity index (χ2v) is 8.90. The molecule has 0 saturated heterocycles. The van der Waals surface area contributed by atoms with Crippen molar-refractivity contribution in [2.75, 3.05) is 10.0 Å². The normalized spacial score (nSPS) is 12.1. The summed E-state index contributed by atoms with van der Waals surface area (Å²) in [4.78, 5) is 12.3. The van der Waals surface area contributed by atoms with Crippen LogP contribution in [0.3, 0.4) is 0 Å². The Balaban J connectivity index is 1.65. The van der Waals surface area contributed by atoms with E-state index in [0.717, 1.165) is 0 Å². The van der Waals surface area contributed by atoms with Crippen LogP contribution in [-0.2, 0) is 14.8 Å². The second kappa shape index (κ2) is 9.55. The lowest BCUT2D eigenvalue weighted by Crippen LogP contribution is -2.30. The number of nitrogens with one attached hydrogen (secondary N) is 2. The first-order chi connectivity index (χ1) is 14.7. The minimum atomic E-state index is -3.92. The second-order valence-electron chi connectivity index (χ2n) is 6.43. The van der Waals surface area contributed by atoms with Gasteiger partial charge in [-0.2, -0.15) is 0 Å². The Labute approximate surface area is 189 Å². The predicted molar refractivity (Wildman–Crippen MR) is 119 cm³/mol. The summed E-state index contributed by atoms with van der Waals surface area (Å²) in [5, 5.41) is 2.94. The van der Waals surface area contributed by atoms with Crippen molar-refractivity contribution < 1.29 is 22.3 Å². The van der Waals surface area contributed by atoms with Gasteiger partial charge < -0.3 is 10.1 Å². The maximum atomic E-state index is 13.0. The molecule has 0 aliphatic carbocycles. The SMILES string of the molecule is C[C@H](Oc1ccc(F)cc1)C(=O)Nc1ccc(S(=O)(=O)Nc2cccc(Cl)c2Cl)cc1. The van der Waals surface area contributed by atoms with E-state index in [-0.39, 0.29) is 20.6 Å². The average molecular weight is 483 g/mol. The van der Waals surface area contributed by atoms with Crippen LogP contribution in [0.5, 0.6) is 5.75 Å². The lowest BCUT2D eigenvalue weighted by molar-refractivity contribution is -0.122. The van der Waals surface area contributed by atoms with Crippen LogP contribution in [0.2, 0.25) is 10.0 Å². The quantitative estimate of drug-likeness (QED) is 0.475. The van der Waals surface area contributed by atoms with E-state index in [9.17, 15) is 17.6 Å². The van der Waals surface area contributed by atoms with Gasteiger partial charge >= 0.3 is 0 Å². The smallest absolute Gasteiger partial charge is 0.265 e. The zero-order valence-corrected chi connectivity index (χ0v) is 18.4. The van der Waals surface area contributed by atoms with Crippen molar-refractivity contribution in [1.82, 2.24) is 0 Å². The molecule has 2 N–H and O–H groups in total. The van der Waals surface area contributed by atoms with Crippen molar-refractivity contribution in [3.05, 3.63) is 82.6 Å². The molecule has 1 amide bonds. The maximum Gasteiger partial charge on any atom is 0.265 e. The summed E-state index contributed by atoms with van der Waals surface area (Å²) < 4.78 is 46.0. The first kappa shape index (κ1) is 22.9. The fourth-order valence-corrected chi connectivity index (χ4v) is 3.99. The number of anilines is 2. The van der Waals surface area contributed by atoms with Crippen molar-refractivity contribution >= 4 is 50.5 Å². The van der Waals surface area contributed by atoms with E-state index < -0.39 is 27.9 Å². The van der Waals surface area contributed by atoms with Crippen molar-refractivity contribution in [2.24, 2.45) is 0 Å². The largest absolute Gasteiger partial charge is 0.481 e. The summed E-state index contributed by atoms with van der Waals surface area (Å²) >= 11 is 11.9. The van der Waals surface area contributed by atoms with E-state index in [2.05, 4.69) is 10.0 Å². The number of benzene rings is 3.